The van der Waals surface area contributed by atoms with Gasteiger partial charge in [-0.05, 0) is 47.4 Å². The third-order valence-electron chi connectivity index (χ3n) is 8.07. The molecule has 0 radical (unpaired) electrons. The summed E-state index contributed by atoms with van der Waals surface area (Å²) in [5, 5.41) is 39.8. The van der Waals surface area contributed by atoms with Crippen molar-refractivity contribution in [2.45, 2.75) is 51.4 Å². The minimum atomic E-state index is -0.474. The average molecular weight is 559 g/mol. The summed E-state index contributed by atoms with van der Waals surface area (Å²) in [7, 11) is 3.02. The van der Waals surface area contributed by atoms with Crippen molar-refractivity contribution in [3.63, 3.8) is 0 Å². The van der Waals surface area contributed by atoms with Gasteiger partial charge in [-0.2, -0.15) is 5.11 Å². The number of phenols is 1. The molecule has 214 valence electrons. The lowest BCUT2D eigenvalue weighted by Gasteiger charge is -2.48. The standard InChI is InChI=1S/C30H34N6O5/c1-29(2)11-13-35-14-12-30(3,4)26-27(35)20(29)15-23(28(26)37)34-33-22-17-24(40-5)21(16-25(22)41-6)32-31-18-7-9-19(10-8-18)36(38)39/h7-10,15-17,37H,11-14H2,1-6H3. The first-order chi connectivity index (χ1) is 19.4. The van der Waals surface area contributed by atoms with E-state index in [1.165, 1.54) is 44.0 Å². The maximum Gasteiger partial charge on any atom is 0.269 e. The number of hydrogen-bond donors (Lipinski definition) is 1. The summed E-state index contributed by atoms with van der Waals surface area (Å²) in [5.74, 6) is 0.922. The number of nitrogens with zero attached hydrogens (tertiary/aromatic N) is 6. The Bertz CT molecular complexity index is 1560. The fourth-order valence-electron chi connectivity index (χ4n) is 5.52. The number of benzene rings is 3. The van der Waals surface area contributed by atoms with Gasteiger partial charge in [0.2, 0.25) is 0 Å². The first-order valence-electron chi connectivity index (χ1n) is 13.4. The fourth-order valence-corrected chi connectivity index (χ4v) is 5.52. The van der Waals surface area contributed by atoms with Crippen molar-refractivity contribution in [3.05, 3.63) is 63.7 Å². The van der Waals surface area contributed by atoms with Crippen LogP contribution in [0.2, 0.25) is 0 Å². The Labute approximate surface area is 238 Å². The van der Waals surface area contributed by atoms with E-state index in [9.17, 15) is 15.2 Å². The molecule has 41 heavy (non-hydrogen) atoms. The number of methoxy groups -OCH3 is 2. The minimum absolute atomic E-state index is 0.0309. The zero-order valence-electron chi connectivity index (χ0n) is 24.1. The van der Waals surface area contributed by atoms with Gasteiger partial charge in [0.25, 0.3) is 5.69 Å². The summed E-state index contributed by atoms with van der Waals surface area (Å²) in [6.45, 7) is 10.7. The first kappa shape index (κ1) is 28.0. The second kappa shape index (κ2) is 10.5. The highest BCUT2D eigenvalue weighted by Crippen LogP contribution is 2.55. The number of ether oxygens (including phenoxy) is 2. The lowest BCUT2D eigenvalue weighted by molar-refractivity contribution is -0.384. The largest absolute Gasteiger partial charge is 0.505 e. The molecule has 1 N–H and O–H groups in total. The number of non-ortho nitro benzene ring substituents is 1. The van der Waals surface area contributed by atoms with Crippen LogP contribution in [0, 0.1) is 10.1 Å². The number of aromatic hydroxyl groups is 1. The second-order valence-corrected chi connectivity index (χ2v) is 11.6. The van der Waals surface area contributed by atoms with Crippen molar-refractivity contribution in [2.75, 3.05) is 32.2 Å². The molecule has 3 aromatic rings. The molecule has 2 aliphatic rings. The fraction of sp³-hybridized carbons (Fsp3) is 0.400. The number of hydrogen-bond acceptors (Lipinski definition) is 10. The molecular weight excluding hydrogens is 524 g/mol. The molecule has 3 aromatic carbocycles. The van der Waals surface area contributed by atoms with E-state index in [1.54, 1.807) is 12.1 Å². The van der Waals surface area contributed by atoms with Crippen LogP contribution in [0.4, 0.5) is 34.1 Å². The van der Waals surface area contributed by atoms with E-state index in [2.05, 4.69) is 53.1 Å². The molecule has 5 rings (SSSR count). The van der Waals surface area contributed by atoms with E-state index < -0.39 is 4.92 Å². The van der Waals surface area contributed by atoms with Gasteiger partial charge in [0.1, 0.15) is 34.3 Å². The summed E-state index contributed by atoms with van der Waals surface area (Å²) in [5.41, 5.74) is 4.55. The molecule has 0 aliphatic carbocycles. The molecule has 0 spiro atoms. The Morgan fingerprint density at radius 3 is 1.93 bits per heavy atom. The summed E-state index contributed by atoms with van der Waals surface area (Å²) in [6.07, 6.45) is 1.96. The van der Waals surface area contributed by atoms with Gasteiger partial charge in [0, 0.05) is 48.6 Å². The zero-order chi connectivity index (χ0) is 29.5. The first-order valence-corrected chi connectivity index (χ1v) is 13.4. The molecular formula is C30H34N6O5. The maximum absolute atomic E-state index is 11.5. The molecule has 0 fully saturated rings. The number of phenolic OH excluding ortho intramolecular Hbond substituents is 1. The van der Waals surface area contributed by atoms with E-state index in [0.29, 0.717) is 34.2 Å². The van der Waals surface area contributed by atoms with Crippen LogP contribution in [0.5, 0.6) is 17.2 Å². The van der Waals surface area contributed by atoms with Gasteiger partial charge in [-0.25, -0.2) is 0 Å². The SMILES string of the molecule is COc1cc(N=Nc2cc3c4c(c2O)C(C)(C)CCN4CCC3(C)C)c(OC)cc1N=Nc1ccc([N+](=O)[O-])cc1. The van der Waals surface area contributed by atoms with Gasteiger partial charge < -0.3 is 19.5 Å². The van der Waals surface area contributed by atoms with Crippen LogP contribution in [-0.4, -0.2) is 37.3 Å². The van der Waals surface area contributed by atoms with Crippen molar-refractivity contribution in [1.82, 2.24) is 0 Å². The van der Waals surface area contributed by atoms with Gasteiger partial charge in [-0.3, -0.25) is 10.1 Å². The maximum atomic E-state index is 11.5. The van der Waals surface area contributed by atoms with Gasteiger partial charge in [-0.15, -0.1) is 15.3 Å². The second-order valence-electron chi connectivity index (χ2n) is 11.6. The molecule has 0 unspecified atom stereocenters. The topological polar surface area (TPSA) is 135 Å². The molecule has 11 nitrogen and oxygen atoms in total. The van der Waals surface area contributed by atoms with Crippen molar-refractivity contribution in [3.8, 4) is 17.2 Å². The molecule has 0 amide bonds. The Morgan fingerprint density at radius 1 is 0.829 bits per heavy atom. The van der Waals surface area contributed by atoms with E-state index in [1.807, 2.05) is 6.07 Å². The number of nitro groups is 1. The lowest BCUT2D eigenvalue weighted by atomic mass is 9.69. The molecule has 11 heteroatoms. The Hall–Kier alpha value is -4.54. The van der Waals surface area contributed by atoms with Crippen LogP contribution in [0.1, 0.15) is 51.7 Å². The highest BCUT2D eigenvalue weighted by atomic mass is 16.6. The van der Waals surface area contributed by atoms with Crippen LogP contribution < -0.4 is 14.4 Å². The highest BCUT2D eigenvalue weighted by molar-refractivity contribution is 5.77. The predicted molar refractivity (Wildman–Crippen MR) is 157 cm³/mol. The van der Waals surface area contributed by atoms with Crippen LogP contribution in [0.25, 0.3) is 0 Å². The Balaban J connectivity index is 1.52. The predicted octanol–water partition coefficient (Wildman–Crippen LogP) is 8.32. The Morgan fingerprint density at radius 2 is 1.37 bits per heavy atom. The van der Waals surface area contributed by atoms with E-state index in [-0.39, 0.29) is 22.3 Å². The van der Waals surface area contributed by atoms with E-state index >= 15 is 0 Å². The van der Waals surface area contributed by atoms with Crippen molar-refractivity contribution in [2.24, 2.45) is 20.5 Å². The number of azo groups is 2. The smallest absolute Gasteiger partial charge is 0.269 e. The summed E-state index contributed by atoms with van der Waals surface area (Å²) >= 11 is 0. The molecule has 0 aromatic heterocycles. The van der Waals surface area contributed by atoms with Crippen LogP contribution >= 0.6 is 0 Å². The zero-order valence-corrected chi connectivity index (χ0v) is 24.1. The van der Waals surface area contributed by atoms with Crippen LogP contribution in [0.15, 0.2) is 62.9 Å². The minimum Gasteiger partial charge on any atom is -0.505 e. The Kier molecular flexibility index (Phi) is 7.14. The van der Waals surface area contributed by atoms with Crippen molar-refractivity contribution < 1.29 is 19.5 Å². The quantitative estimate of drug-likeness (QED) is 0.176. The van der Waals surface area contributed by atoms with Gasteiger partial charge >= 0.3 is 0 Å². The third-order valence-corrected chi connectivity index (χ3v) is 8.07. The number of nitro benzene ring substituents is 1. The third kappa shape index (κ3) is 5.19. The van der Waals surface area contributed by atoms with Crippen molar-refractivity contribution in [1.29, 1.82) is 0 Å². The molecule has 0 bridgehead atoms. The summed E-state index contributed by atoms with van der Waals surface area (Å²) in [6, 6.07) is 11.0. The molecule has 0 saturated carbocycles. The average Bonchev–Trinajstić information content (AvgIpc) is 2.94. The summed E-state index contributed by atoms with van der Waals surface area (Å²) in [4.78, 5) is 12.8. The van der Waals surface area contributed by atoms with Crippen molar-refractivity contribution >= 4 is 34.1 Å². The van der Waals surface area contributed by atoms with Crippen LogP contribution in [0.3, 0.4) is 0 Å². The number of anilines is 1. The molecule has 0 saturated heterocycles. The summed E-state index contributed by atoms with van der Waals surface area (Å²) < 4.78 is 11.1. The lowest BCUT2D eigenvalue weighted by Crippen LogP contribution is -2.44. The number of rotatable bonds is 7. The molecule has 0 atom stereocenters. The van der Waals surface area contributed by atoms with Gasteiger partial charge in [0.05, 0.1) is 24.8 Å². The molecule has 2 aliphatic heterocycles. The van der Waals surface area contributed by atoms with Crippen LogP contribution in [-0.2, 0) is 10.8 Å². The van der Waals surface area contributed by atoms with E-state index in [0.717, 1.165) is 37.2 Å². The van der Waals surface area contributed by atoms with Gasteiger partial charge in [-0.1, -0.05) is 27.7 Å². The highest BCUT2D eigenvalue weighted by Gasteiger charge is 2.42. The monoisotopic (exact) mass is 558 g/mol. The normalized spacial score (nSPS) is 17.1. The van der Waals surface area contributed by atoms with Gasteiger partial charge in [0.15, 0.2) is 0 Å². The van der Waals surface area contributed by atoms with E-state index in [4.69, 9.17) is 9.47 Å². The molecule has 2 heterocycles.